The molecule has 1 aromatic carbocycles. The van der Waals surface area contributed by atoms with Gasteiger partial charge >= 0.3 is 0 Å². The first-order chi connectivity index (χ1) is 9.56. The second-order valence-electron chi connectivity index (χ2n) is 6.58. The summed E-state index contributed by atoms with van der Waals surface area (Å²) in [6.45, 7) is 4.52. The molecule has 1 nitrogen and oxygen atoms in total. The van der Waals surface area contributed by atoms with Gasteiger partial charge in [-0.2, -0.15) is 0 Å². The molecule has 112 valence electrons. The van der Waals surface area contributed by atoms with Crippen LogP contribution in [0, 0.1) is 17.7 Å². The summed E-state index contributed by atoms with van der Waals surface area (Å²) in [7, 11) is 0. The third-order valence-electron chi connectivity index (χ3n) is 5.02. The van der Waals surface area contributed by atoms with Gasteiger partial charge in [0.25, 0.3) is 0 Å². The lowest BCUT2D eigenvalue weighted by Gasteiger charge is -2.30. The van der Waals surface area contributed by atoms with Crippen LogP contribution in [-0.2, 0) is 0 Å². The van der Waals surface area contributed by atoms with E-state index in [-0.39, 0.29) is 11.9 Å². The normalized spacial score (nSPS) is 26.2. The van der Waals surface area contributed by atoms with Gasteiger partial charge in [-0.3, -0.25) is 0 Å². The van der Waals surface area contributed by atoms with E-state index in [1.54, 1.807) is 12.1 Å². The fraction of sp³-hybridized carbons (Fsp3) is 0.667. The van der Waals surface area contributed by atoms with Crippen molar-refractivity contribution in [2.24, 2.45) is 11.8 Å². The maximum absolute atomic E-state index is 13.2. The summed E-state index contributed by atoms with van der Waals surface area (Å²) in [5, 5.41) is 9.57. The number of hydrogen-bond acceptors (Lipinski definition) is 1. The highest BCUT2D eigenvalue weighted by Crippen LogP contribution is 2.34. The third kappa shape index (κ3) is 4.31. The molecule has 1 aliphatic rings. The van der Waals surface area contributed by atoms with Crippen LogP contribution in [-0.4, -0.2) is 11.2 Å². The van der Waals surface area contributed by atoms with E-state index in [4.69, 9.17) is 0 Å². The molecule has 2 unspecified atom stereocenters. The van der Waals surface area contributed by atoms with Crippen LogP contribution in [0.15, 0.2) is 24.3 Å². The van der Waals surface area contributed by atoms with E-state index in [0.717, 1.165) is 43.6 Å². The molecule has 0 amide bonds. The van der Waals surface area contributed by atoms with Gasteiger partial charge in [-0.1, -0.05) is 26.0 Å². The zero-order valence-corrected chi connectivity index (χ0v) is 12.7. The van der Waals surface area contributed by atoms with Crippen LogP contribution in [0.1, 0.15) is 63.9 Å². The number of aliphatic hydroxyl groups excluding tert-OH is 1. The molecule has 1 aliphatic carbocycles. The van der Waals surface area contributed by atoms with Crippen molar-refractivity contribution in [2.75, 3.05) is 0 Å². The van der Waals surface area contributed by atoms with E-state index in [2.05, 4.69) is 13.8 Å². The van der Waals surface area contributed by atoms with Crippen molar-refractivity contribution < 1.29 is 9.50 Å². The number of rotatable bonds is 5. The quantitative estimate of drug-likeness (QED) is 0.812. The molecule has 1 aromatic rings. The Morgan fingerprint density at radius 1 is 1.15 bits per heavy atom. The fourth-order valence-electron chi connectivity index (χ4n) is 3.40. The third-order valence-corrected chi connectivity index (χ3v) is 5.02. The molecule has 0 saturated heterocycles. The van der Waals surface area contributed by atoms with Crippen LogP contribution >= 0.6 is 0 Å². The minimum absolute atomic E-state index is 0.0651. The van der Waals surface area contributed by atoms with Gasteiger partial charge in [-0.25, -0.2) is 4.39 Å². The predicted octanol–water partition coefficient (Wildman–Crippen LogP) is 4.90. The van der Waals surface area contributed by atoms with E-state index in [9.17, 15) is 9.50 Å². The average Bonchev–Trinajstić information content (AvgIpc) is 2.45. The molecule has 1 fully saturated rings. The smallest absolute Gasteiger partial charge is 0.123 e. The van der Waals surface area contributed by atoms with Crippen molar-refractivity contribution in [3.63, 3.8) is 0 Å². The zero-order chi connectivity index (χ0) is 14.5. The Morgan fingerprint density at radius 2 is 1.85 bits per heavy atom. The molecule has 0 radical (unpaired) electrons. The number of aliphatic hydroxyl groups is 1. The Kier molecular flexibility index (Phi) is 5.59. The standard InChI is InChI=1S/C18H27FO/c1-13(15-8-10-18(20)11-9-15)6-7-14(2)16-4-3-5-17(19)12-16/h3-5,12-15,18,20H,6-11H2,1-2H3. The monoisotopic (exact) mass is 278 g/mol. The van der Waals surface area contributed by atoms with Gasteiger partial charge in [0.1, 0.15) is 5.82 Å². The Labute approximate surface area is 122 Å². The Bertz CT molecular complexity index is 410. The topological polar surface area (TPSA) is 20.2 Å². The zero-order valence-electron chi connectivity index (χ0n) is 12.7. The van der Waals surface area contributed by atoms with Gasteiger partial charge in [-0.15, -0.1) is 0 Å². The molecular weight excluding hydrogens is 251 g/mol. The van der Waals surface area contributed by atoms with Gasteiger partial charge in [0.2, 0.25) is 0 Å². The van der Waals surface area contributed by atoms with Crippen LogP contribution in [0.4, 0.5) is 4.39 Å². The Morgan fingerprint density at radius 3 is 2.50 bits per heavy atom. The second-order valence-corrected chi connectivity index (χ2v) is 6.58. The first-order valence-corrected chi connectivity index (χ1v) is 7.99. The minimum atomic E-state index is -0.135. The largest absolute Gasteiger partial charge is 0.393 e. The molecule has 1 N–H and O–H groups in total. The van der Waals surface area contributed by atoms with Gasteiger partial charge < -0.3 is 5.11 Å². The highest BCUT2D eigenvalue weighted by atomic mass is 19.1. The lowest BCUT2D eigenvalue weighted by atomic mass is 9.77. The van der Waals surface area contributed by atoms with E-state index in [1.807, 2.05) is 6.07 Å². The van der Waals surface area contributed by atoms with Crippen LogP contribution in [0.5, 0.6) is 0 Å². The van der Waals surface area contributed by atoms with Crippen molar-refractivity contribution in [1.82, 2.24) is 0 Å². The molecule has 0 aromatic heterocycles. The Balaban J connectivity index is 1.79. The summed E-state index contributed by atoms with van der Waals surface area (Å²) in [4.78, 5) is 0. The van der Waals surface area contributed by atoms with E-state index in [1.165, 1.54) is 12.5 Å². The molecule has 20 heavy (non-hydrogen) atoms. The molecule has 1 saturated carbocycles. The van der Waals surface area contributed by atoms with E-state index >= 15 is 0 Å². The van der Waals surface area contributed by atoms with Crippen LogP contribution in [0.3, 0.4) is 0 Å². The maximum atomic E-state index is 13.2. The lowest BCUT2D eigenvalue weighted by molar-refractivity contribution is 0.0915. The van der Waals surface area contributed by atoms with Crippen molar-refractivity contribution in [3.8, 4) is 0 Å². The molecule has 2 rings (SSSR count). The highest BCUT2D eigenvalue weighted by molar-refractivity contribution is 5.19. The summed E-state index contributed by atoms with van der Waals surface area (Å²) in [6.07, 6.45) is 6.50. The van der Waals surface area contributed by atoms with Gasteiger partial charge in [0.05, 0.1) is 6.10 Å². The van der Waals surface area contributed by atoms with Crippen molar-refractivity contribution in [1.29, 1.82) is 0 Å². The van der Waals surface area contributed by atoms with Gasteiger partial charge in [0.15, 0.2) is 0 Å². The van der Waals surface area contributed by atoms with Crippen LogP contribution in [0.2, 0.25) is 0 Å². The maximum Gasteiger partial charge on any atom is 0.123 e. The predicted molar refractivity (Wildman–Crippen MR) is 81.2 cm³/mol. The summed E-state index contributed by atoms with van der Waals surface area (Å²) in [5.74, 6) is 1.75. The first-order valence-electron chi connectivity index (χ1n) is 7.99. The van der Waals surface area contributed by atoms with Crippen LogP contribution in [0.25, 0.3) is 0 Å². The number of benzene rings is 1. The van der Waals surface area contributed by atoms with E-state index in [0.29, 0.717) is 11.8 Å². The molecule has 2 atom stereocenters. The Hall–Kier alpha value is -0.890. The molecule has 0 spiro atoms. The highest BCUT2D eigenvalue weighted by Gasteiger charge is 2.24. The molecular formula is C18H27FO. The number of hydrogen-bond donors (Lipinski definition) is 1. The van der Waals surface area contributed by atoms with Crippen molar-refractivity contribution in [2.45, 2.75) is 64.4 Å². The SMILES string of the molecule is CC(CCC(C)C1CCC(O)CC1)c1cccc(F)c1. The summed E-state index contributed by atoms with van der Waals surface area (Å²) in [6, 6.07) is 6.99. The average molecular weight is 278 g/mol. The van der Waals surface area contributed by atoms with Crippen LogP contribution < -0.4 is 0 Å². The molecule has 0 bridgehead atoms. The summed E-state index contributed by atoms with van der Waals surface area (Å²) in [5.41, 5.74) is 1.11. The van der Waals surface area contributed by atoms with Gasteiger partial charge in [-0.05, 0) is 74.0 Å². The molecule has 0 aliphatic heterocycles. The van der Waals surface area contributed by atoms with Gasteiger partial charge in [0, 0.05) is 0 Å². The molecule has 2 heteroatoms. The summed E-state index contributed by atoms with van der Waals surface area (Å²) < 4.78 is 13.2. The van der Waals surface area contributed by atoms with Crippen molar-refractivity contribution in [3.05, 3.63) is 35.6 Å². The van der Waals surface area contributed by atoms with E-state index < -0.39 is 0 Å². The summed E-state index contributed by atoms with van der Waals surface area (Å²) >= 11 is 0. The first kappa shape index (κ1) is 15.5. The van der Waals surface area contributed by atoms with Crippen molar-refractivity contribution >= 4 is 0 Å². The minimum Gasteiger partial charge on any atom is -0.393 e. The number of halogens is 1. The lowest BCUT2D eigenvalue weighted by Crippen LogP contribution is -2.23. The second kappa shape index (κ2) is 7.21. The fourth-order valence-corrected chi connectivity index (χ4v) is 3.40. The molecule has 0 heterocycles.